The monoisotopic (exact) mass is 393 g/mol. The lowest BCUT2D eigenvalue weighted by atomic mass is 10.00. The Morgan fingerprint density at radius 2 is 1.10 bits per heavy atom. The number of hydrogen-bond acceptors (Lipinski definition) is 0. The van der Waals surface area contributed by atoms with Crippen molar-refractivity contribution >= 4 is 54.7 Å². The maximum Gasteiger partial charge on any atom is 0.196 e. The summed E-state index contributed by atoms with van der Waals surface area (Å²) in [4.78, 5) is 7.09. The third-order valence-corrected chi connectivity index (χ3v) is 6.00. The topological polar surface area (TPSA) is 13.6 Å². The molecule has 0 aliphatic carbocycles. The van der Waals surface area contributed by atoms with Crippen LogP contribution in [0.5, 0.6) is 0 Å². The van der Waals surface area contributed by atoms with Gasteiger partial charge in [0.25, 0.3) is 0 Å². The van der Waals surface area contributed by atoms with Crippen molar-refractivity contribution in [3.05, 3.63) is 114 Å². The van der Waals surface area contributed by atoms with E-state index in [2.05, 4.69) is 87.1 Å². The molecule has 0 radical (unpaired) electrons. The van der Waals surface area contributed by atoms with Crippen molar-refractivity contribution in [3.63, 3.8) is 0 Å². The molecule has 6 aromatic rings. The summed E-state index contributed by atoms with van der Waals surface area (Å²) in [5, 5.41) is 7.25. The molecule has 5 aromatic carbocycles. The SMILES string of the molecule is [C-]#[N+]c1ccc(-n2c3ccc4ccccc4c3c3c4ccccc4ccc32)cc1[N+]#[C-]. The zero-order valence-corrected chi connectivity index (χ0v) is 16.5. The highest BCUT2D eigenvalue weighted by Gasteiger charge is 2.17. The molecule has 0 atom stereocenters. The zero-order chi connectivity index (χ0) is 20.9. The van der Waals surface area contributed by atoms with Crippen LogP contribution in [0.1, 0.15) is 0 Å². The molecule has 0 aliphatic heterocycles. The van der Waals surface area contributed by atoms with Gasteiger partial charge < -0.3 is 4.57 Å². The van der Waals surface area contributed by atoms with E-state index < -0.39 is 0 Å². The first-order chi connectivity index (χ1) is 15.3. The van der Waals surface area contributed by atoms with Gasteiger partial charge in [-0.05, 0) is 39.7 Å². The van der Waals surface area contributed by atoms with Crippen molar-refractivity contribution in [1.29, 1.82) is 0 Å². The van der Waals surface area contributed by atoms with E-state index in [1.165, 1.54) is 32.3 Å². The Morgan fingerprint density at radius 1 is 0.548 bits per heavy atom. The minimum absolute atomic E-state index is 0.379. The molecule has 0 unspecified atom stereocenters. The third-order valence-electron chi connectivity index (χ3n) is 6.00. The van der Waals surface area contributed by atoms with Crippen LogP contribution < -0.4 is 0 Å². The number of fused-ring (bicyclic) bond motifs is 7. The minimum atomic E-state index is 0.379. The fraction of sp³-hybridized carbons (Fsp3) is 0. The molecule has 0 saturated carbocycles. The van der Waals surface area contributed by atoms with Crippen molar-refractivity contribution in [2.45, 2.75) is 0 Å². The molecular weight excluding hydrogens is 378 g/mol. The Labute approximate surface area is 179 Å². The van der Waals surface area contributed by atoms with Crippen LogP contribution in [0.3, 0.4) is 0 Å². The van der Waals surface area contributed by atoms with Gasteiger partial charge in [-0.25, -0.2) is 0 Å². The molecule has 1 heterocycles. The maximum atomic E-state index is 7.52. The van der Waals surface area contributed by atoms with Crippen LogP contribution in [0, 0.1) is 13.1 Å². The Bertz CT molecular complexity index is 1660. The predicted molar refractivity (Wildman–Crippen MR) is 128 cm³/mol. The lowest BCUT2D eigenvalue weighted by Gasteiger charge is -2.10. The van der Waals surface area contributed by atoms with Gasteiger partial charge in [0.15, 0.2) is 11.4 Å². The number of benzene rings is 5. The molecule has 1 aromatic heterocycles. The molecule has 3 heteroatoms. The summed E-state index contributed by atoms with van der Waals surface area (Å²) in [5.74, 6) is 0. The van der Waals surface area contributed by atoms with Gasteiger partial charge in [0.05, 0.1) is 24.2 Å². The quantitative estimate of drug-likeness (QED) is 0.250. The van der Waals surface area contributed by atoms with E-state index in [1.54, 1.807) is 6.07 Å². The predicted octanol–water partition coefficient (Wildman–Crippen LogP) is 8.19. The smallest absolute Gasteiger partial charge is 0.196 e. The molecule has 31 heavy (non-hydrogen) atoms. The first kappa shape index (κ1) is 17.3. The average Bonchev–Trinajstić information content (AvgIpc) is 3.19. The molecule has 0 bridgehead atoms. The molecule has 0 spiro atoms. The minimum Gasteiger partial charge on any atom is -0.311 e. The molecule has 142 valence electrons. The highest BCUT2D eigenvalue weighted by Crippen LogP contribution is 2.41. The van der Waals surface area contributed by atoms with E-state index >= 15 is 0 Å². The highest BCUT2D eigenvalue weighted by atomic mass is 15.0. The van der Waals surface area contributed by atoms with Crippen LogP contribution in [-0.4, -0.2) is 4.57 Å². The highest BCUT2D eigenvalue weighted by molar-refractivity contribution is 6.28. The summed E-state index contributed by atoms with van der Waals surface area (Å²) in [6.45, 7) is 14.9. The van der Waals surface area contributed by atoms with Gasteiger partial charge >= 0.3 is 0 Å². The van der Waals surface area contributed by atoms with E-state index in [0.29, 0.717) is 11.4 Å². The normalized spacial score (nSPS) is 11.2. The first-order valence-corrected chi connectivity index (χ1v) is 10.0. The third kappa shape index (κ3) is 2.38. The Kier molecular flexibility index (Phi) is 3.60. The van der Waals surface area contributed by atoms with E-state index in [9.17, 15) is 0 Å². The van der Waals surface area contributed by atoms with E-state index in [-0.39, 0.29) is 0 Å². The maximum absolute atomic E-state index is 7.52. The van der Waals surface area contributed by atoms with Crippen LogP contribution in [0.25, 0.3) is 58.7 Å². The van der Waals surface area contributed by atoms with Crippen molar-refractivity contribution in [2.75, 3.05) is 0 Å². The molecule has 6 rings (SSSR count). The van der Waals surface area contributed by atoms with E-state index in [0.717, 1.165) is 16.7 Å². The number of nitrogens with zero attached hydrogens (tertiary/aromatic N) is 3. The van der Waals surface area contributed by atoms with Crippen LogP contribution in [-0.2, 0) is 0 Å². The van der Waals surface area contributed by atoms with Gasteiger partial charge in [-0.1, -0.05) is 72.8 Å². The van der Waals surface area contributed by atoms with Crippen molar-refractivity contribution < 1.29 is 0 Å². The first-order valence-electron chi connectivity index (χ1n) is 10.0. The number of aromatic nitrogens is 1. The fourth-order valence-corrected chi connectivity index (χ4v) is 4.66. The summed E-state index contributed by atoms with van der Waals surface area (Å²) in [6.07, 6.45) is 0. The Morgan fingerprint density at radius 3 is 1.65 bits per heavy atom. The van der Waals surface area contributed by atoms with Gasteiger partial charge in [0.2, 0.25) is 0 Å². The Hall–Kier alpha value is -4.60. The second-order valence-electron chi connectivity index (χ2n) is 7.59. The lowest BCUT2D eigenvalue weighted by molar-refractivity contribution is 1.18. The number of hydrogen-bond donors (Lipinski definition) is 0. The van der Waals surface area contributed by atoms with Gasteiger partial charge in [-0.2, -0.15) is 0 Å². The van der Waals surface area contributed by atoms with Crippen LogP contribution in [0.15, 0.2) is 91.0 Å². The summed E-state index contributed by atoms with van der Waals surface area (Å²) in [5.41, 5.74) is 3.84. The van der Waals surface area contributed by atoms with Crippen LogP contribution in [0.4, 0.5) is 11.4 Å². The summed E-state index contributed by atoms with van der Waals surface area (Å²) < 4.78 is 2.21. The molecule has 0 fully saturated rings. The van der Waals surface area contributed by atoms with Crippen molar-refractivity contribution in [2.24, 2.45) is 0 Å². The average molecular weight is 393 g/mol. The molecule has 0 N–H and O–H groups in total. The molecule has 0 saturated heterocycles. The number of rotatable bonds is 1. The standard InChI is InChI=1S/C28H15N3/c1-29-23-14-13-20(17-24(23)30-2)31-25-15-11-18-7-3-5-9-21(18)27(25)28-22-10-6-4-8-19(22)12-16-26(28)31/h3-17H. The summed E-state index contributed by atoms with van der Waals surface area (Å²) in [6, 6.07) is 31.1. The zero-order valence-electron chi connectivity index (χ0n) is 16.5. The van der Waals surface area contributed by atoms with Gasteiger partial charge in [0, 0.05) is 16.5 Å². The van der Waals surface area contributed by atoms with Crippen LogP contribution in [0.2, 0.25) is 0 Å². The molecule has 3 nitrogen and oxygen atoms in total. The van der Waals surface area contributed by atoms with E-state index in [1.807, 2.05) is 12.1 Å². The van der Waals surface area contributed by atoms with E-state index in [4.69, 9.17) is 13.1 Å². The van der Waals surface area contributed by atoms with Crippen molar-refractivity contribution in [1.82, 2.24) is 4.57 Å². The van der Waals surface area contributed by atoms with Gasteiger partial charge in [-0.3, -0.25) is 9.69 Å². The lowest BCUT2D eigenvalue weighted by Crippen LogP contribution is -1.93. The van der Waals surface area contributed by atoms with Crippen LogP contribution >= 0.6 is 0 Å². The molecule has 0 amide bonds. The second kappa shape index (κ2) is 6.46. The Balaban J connectivity index is 1.87. The second-order valence-corrected chi connectivity index (χ2v) is 7.59. The van der Waals surface area contributed by atoms with Gasteiger partial charge in [-0.15, -0.1) is 0 Å². The van der Waals surface area contributed by atoms with Gasteiger partial charge in [0.1, 0.15) is 0 Å². The molecular formula is C28H15N3. The van der Waals surface area contributed by atoms with Crippen molar-refractivity contribution in [3.8, 4) is 5.69 Å². The summed E-state index contributed by atoms with van der Waals surface area (Å²) in [7, 11) is 0. The summed E-state index contributed by atoms with van der Waals surface area (Å²) >= 11 is 0. The fourth-order valence-electron chi connectivity index (χ4n) is 4.66. The largest absolute Gasteiger partial charge is 0.311 e. The molecule has 0 aliphatic rings.